The Bertz CT molecular complexity index is 978. The number of carbonyl (C=O) groups excluding carboxylic acids is 3. The number of aryl methyl sites for hydroxylation is 3. The molecular formula is C26H33N3O3. The number of anilines is 1. The zero-order valence-corrected chi connectivity index (χ0v) is 19.3. The molecule has 6 heteroatoms. The molecule has 2 aromatic rings. The quantitative estimate of drug-likeness (QED) is 0.643. The summed E-state index contributed by atoms with van der Waals surface area (Å²) in [4.78, 5) is 41.5. The van der Waals surface area contributed by atoms with Crippen LogP contribution in [0.5, 0.6) is 0 Å². The van der Waals surface area contributed by atoms with Crippen molar-refractivity contribution in [2.45, 2.75) is 40.0 Å². The van der Waals surface area contributed by atoms with Crippen LogP contribution < -0.4 is 5.32 Å². The minimum atomic E-state index is -0.0372. The van der Waals surface area contributed by atoms with E-state index in [1.165, 1.54) is 0 Å². The molecule has 0 saturated carbocycles. The number of nitrogens with one attached hydrogen (secondary N) is 1. The van der Waals surface area contributed by atoms with Crippen LogP contribution in [0.2, 0.25) is 0 Å². The Balaban J connectivity index is 1.43. The summed E-state index contributed by atoms with van der Waals surface area (Å²) in [5.74, 6) is -0.0170. The molecule has 1 fully saturated rings. The molecular weight excluding hydrogens is 402 g/mol. The number of hydrogen-bond donors (Lipinski definition) is 1. The van der Waals surface area contributed by atoms with Gasteiger partial charge in [-0.05, 0) is 43.5 Å². The summed E-state index contributed by atoms with van der Waals surface area (Å²) in [6.45, 7) is 8.72. The number of benzene rings is 2. The number of hydrogen-bond acceptors (Lipinski definition) is 4. The van der Waals surface area contributed by atoms with E-state index in [0.29, 0.717) is 38.3 Å². The van der Waals surface area contributed by atoms with Gasteiger partial charge in [-0.15, -0.1) is 0 Å². The maximum atomic E-state index is 12.6. The van der Waals surface area contributed by atoms with Gasteiger partial charge in [-0.25, -0.2) is 0 Å². The molecule has 3 rings (SSSR count). The van der Waals surface area contributed by atoms with Gasteiger partial charge in [0.05, 0.1) is 6.54 Å². The summed E-state index contributed by atoms with van der Waals surface area (Å²) in [7, 11) is 0. The Morgan fingerprint density at radius 2 is 1.66 bits per heavy atom. The summed E-state index contributed by atoms with van der Waals surface area (Å²) >= 11 is 0. The van der Waals surface area contributed by atoms with E-state index >= 15 is 0 Å². The predicted molar refractivity (Wildman–Crippen MR) is 127 cm³/mol. The lowest BCUT2D eigenvalue weighted by atomic mass is 9.99. The lowest BCUT2D eigenvalue weighted by Gasteiger charge is -2.34. The van der Waals surface area contributed by atoms with Crippen molar-refractivity contribution in [3.8, 4) is 0 Å². The Morgan fingerprint density at radius 3 is 2.38 bits per heavy atom. The molecule has 0 atom stereocenters. The Morgan fingerprint density at radius 1 is 0.938 bits per heavy atom. The molecule has 1 saturated heterocycles. The number of ketones is 1. The van der Waals surface area contributed by atoms with E-state index in [4.69, 9.17) is 0 Å². The van der Waals surface area contributed by atoms with Gasteiger partial charge in [0, 0.05) is 50.3 Å². The summed E-state index contributed by atoms with van der Waals surface area (Å²) < 4.78 is 0. The van der Waals surface area contributed by atoms with Crippen molar-refractivity contribution in [2.75, 3.05) is 38.0 Å². The molecule has 1 N–H and O–H groups in total. The van der Waals surface area contributed by atoms with Crippen molar-refractivity contribution in [1.82, 2.24) is 9.80 Å². The summed E-state index contributed by atoms with van der Waals surface area (Å²) in [6, 6.07) is 13.7. The molecule has 0 bridgehead atoms. The highest BCUT2D eigenvalue weighted by Crippen LogP contribution is 2.16. The molecule has 0 spiro atoms. The van der Waals surface area contributed by atoms with Gasteiger partial charge in [-0.3, -0.25) is 19.3 Å². The van der Waals surface area contributed by atoms with Crippen molar-refractivity contribution in [3.05, 3.63) is 64.7 Å². The number of para-hydroxylation sites is 1. The number of Topliss-reactive ketones (excluding diaryl/α,β-unsaturated/α-hetero) is 1. The van der Waals surface area contributed by atoms with E-state index in [-0.39, 0.29) is 30.4 Å². The maximum absolute atomic E-state index is 12.6. The molecule has 1 aliphatic rings. The van der Waals surface area contributed by atoms with Gasteiger partial charge in [0.25, 0.3) is 0 Å². The van der Waals surface area contributed by atoms with E-state index in [1.807, 2.05) is 56.3 Å². The molecule has 2 amide bonds. The average molecular weight is 436 g/mol. The van der Waals surface area contributed by atoms with Gasteiger partial charge >= 0.3 is 0 Å². The van der Waals surface area contributed by atoms with Crippen LogP contribution in [-0.2, 0) is 16.0 Å². The van der Waals surface area contributed by atoms with Crippen LogP contribution in [0.4, 0.5) is 5.69 Å². The average Bonchev–Trinajstić information content (AvgIpc) is 2.79. The first kappa shape index (κ1) is 23.7. The van der Waals surface area contributed by atoms with Crippen molar-refractivity contribution < 1.29 is 14.4 Å². The minimum Gasteiger partial charge on any atom is -0.340 e. The van der Waals surface area contributed by atoms with Gasteiger partial charge in [-0.2, -0.15) is 0 Å². The number of piperazine rings is 1. The summed E-state index contributed by atoms with van der Waals surface area (Å²) in [6.07, 6.45) is 1.31. The number of nitrogens with zero attached hydrogens (tertiary/aromatic N) is 2. The van der Waals surface area contributed by atoms with E-state index < -0.39 is 0 Å². The molecule has 0 aromatic heterocycles. The van der Waals surface area contributed by atoms with E-state index in [1.54, 1.807) is 4.90 Å². The van der Waals surface area contributed by atoms with E-state index in [9.17, 15) is 14.4 Å². The molecule has 0 radical (unpaired) electrons. The van der Waals surface area contributed by atoms with Crippen molar-refractivity contribution in [1.29, 1.82) is 0 Å². The van der Waals surface area contributed by atoms with Crippen LogP contribution in [0.3, 0.4) is 0 Å². The largest absolute Gasteiger partial charge is 0.340 e. The van der Waals surface area contributed by atoms with Gasteiger partial charge < -0.3 is 10.2 Å². The fourth-order valence-electron chi connectivity index (χ4n) is 4.05. The van der Waals surface area contributed by atoms with Gasteiger partial charge in [0.15, 0.2) is 5.78 Å². The molecule has 2 aromatic carbocycles. The fourth-order valence-corrected chi connectivity index (χ4v) is 4.05. The van der Waals surface area contributed by atoms with Crippen molar-refractivity contribution >= 4 is 23.3 Å². The third-order valence-corrected chi connectivity index (χ3v) is 6.02. The second-order valence-corrected chi connectivity index (χ2v) is 8.46. The lowest BCUT2D eigenvalue weighted by molar-refractivity contribution is -0.133. The third kappa shape index (κ3) is 6.26. The first-order chi connectivity index (χ1) is 15.4. The number of rotatable bonds is 8. The monoisotopic (exact) mass is 435 g/mol. The molecule has 6 nitrogen and oxygen atoms in total. The maximum Gasteiger partial charge on any atom is 0.238 e. The summed E-state index contributed by atoms with van der Waals surface area (Å²) in [5.41, 5.74) is 4.68. The van der Waals surface area contributed by atoms with Gasteiger partial charge in [0.1, 0.15) is 0 Å². The van der Waals surface area contributed by atoms with Gasteiger partial charge in [0.2, 0.25) is 11.8 Å². The predicted octanol–water partition coefficient (Wildman–Crippen LogP) is 3.61. The SMILES string of the molecule is CCc1ccccc1NC(=O)CN1CCN(C(=O)CCC(=O)c2cc(C)ccc2C)CC1. The molecule has 1 aliphatic heterocycles. The van der Waals surface area contributed by atoms with E-state index in [2.05, 4.69) is 17.1 Å². The topological polar surface area (TPSA) is 69.7 Å². The van der Waals surface area contributed by atoms with Crippen molar-refractivity contribution in [2.24, 2.45) is 0 Å². The minimum absolute atomic E-state index is 0.00429. The first-order valence-electron chi connectivity index (χ1n) is 11.4. The van der Waals surface area contributed by atoms with Crippen molar-refractivity contribution in [3.63, 3.8) is 0 Å². The number of amides is 2. The first-order valence-corrected chi connectivity index (χ1v) is 11.4. The zero-order chi connectivity index (χ0) is 23.1. The van der Waals surface area contributed by atoms with Crippen LogP contribution in [0, 0.1) is 13.8 Å². The fraction of sp³-hybridized carbons (Fsp3) is 0.423. The van der Waals surface area contributed by atoms with Crippen LogP contribution in [0.15, 0.2) is 42.5 Å². The Kier molecular flexibility index (Phi) is 8.17. The third-order valence-electron chi connectivity index (χ3n) is 6.02. The number of carbonyl (C=O) groups is 3. The highest BCUT2D eigenvalue weighted by atomic mass is 16.2. The summed E-state index contributed by atoms with van der Waals surface area (Å²) in [5, 5.41) is 3.00. The smallest absolute Gasteiger partial charge is 0.238 e. The zero-order valence-electron chi connectivity index (χ0n) is 19.3. The van der Waals surface area contributed by atoms with Crippen LogP contribution in [0.1, 0.15) is 46.8 Å². The van der Waals surface area contributed by atoms with Crippen LogP contribution >= 0.6 is 0 Å². The molecule has 1 heterocycles. The Hall–Kier alpha value is -2.99. The second-order valence-electron chi connectivity index (χ2n) is 8.46. The molecule has 170 valence electrons. The highest BCUT2D eigenvalue weighted by Gasteiger charge is 2.23. The van der Waals surface area contributed by atoms with Gasteiger partial charge in [-0.1, -0.05) is 42.8 Å². The van der Waals surface area contributed by atoms with Crippen LogP contribution in [0.25, 0.3) is 0 Å². The molecule has 0 unspecified atom stereocenters. The standard InChI is InChI=1S/C26H33N3O3/c1-4-21-7-5-6-8-23(21)27-25(31)18-28-13-15-29(16-14-28)26(32)12-11-24(30)22-17-19(2)9-10-20(22)3/h5-10,17H,4,11-16,18H2,1-3H3,(H,27,31). The second kappa shape index (κ2) is 11.0. The van der Waals surface area contributed by atoms with Crippen LogP contribution in [-0.4, -0.2) is 60.1 Å². The Labute approximate surface area is 190 Å². The lowest BCUT2D eigenvalue weighted by Crippen LogP contribution is -2.50. The molecule has 0 aliphatic carbocycles. The molecule has 32 heavy (non-hydrogen) atoms. The highest BCUT2D eigenvalue weighted by molar-refractivity contribution is 5.99. The normalized spacial score (nSPS) is 14.3. The van der Waals surface area contributed by atoms with E-state index in [0.717, 1.165) is 28.8 Å².